The van der Waals surface area contributed by atoms with Crippen molar-refractivity contribution >= 4 is 19.7 Å². The molecule has 7 nitrogen and oxygen atoms in total. The van der Waals surface area contributed by atoms with Crippen molar-refractivity contribution in [1.82, 2.24) is 9.88 Å². The molecule has 1 atom stereocenters. The molecule has 3 aromatic rings. The Morgan fingerprint density at radius 1 is 1.06 bits per heavy atom. The molecular formula is C28H35BN2O5. The summed E-state index contributed by atoms with van der Waals surface area (Å²) in [6.07, 6.45) is 6.13. The molecule has 3 rings (SSSR count). The molecule has 1 unspecified atom stereocenters. The predicted octanol–water partition coefficient (Wildman–Crippen LogP) is 5.03. The molecule has 0 saturated carbocycles. The number of unbranched alkanes of at least 4 members (excludes halogenated alkanes) is 2. The highest BCUT2D eigenvalue weighted by molar-refractivity contribution is 6.14. The van der Waals surface area contributed by atoms with Crippen molar-refractivity contribution in [2.75, 3.05) is 13.2 Å². The van der Waals surface area contributed by atoms with Gasteiger partial charge in [-0.15, -0.1) is 0 Å². The number of nitrogens with zero attached hydrogens (tertiary/aromatic N) is 2. The summed E-state index contributed by atoms with van der Waals surface area (Å²) in [5.74, 6) is 0.976. The minimum atomic E-state index is -0.206. The number of furan rings is 1. The van der Waals surface area contributed by atoms with Crippen LogP contribution in [-0.4, -0.2) is 48.9 Å². The third kappa shape index (κ3) is 7.23. The topological polar surface area (TPSA) is 81.9 Å². The Bertz CT molecular complexity index is 1100. The summed E-state index contributed by atoms with van der Waals surface area (Å²) in [6.45, 7) is 6.78. The van der Waals surface area contributed by atoms with E-state index in [2.05, 4.69) is 4.98 Å². The molecule has 0 aliphatic rings. The highest BCUT2D eigenvalue weighted by Gasteiger charge is 2.27. The van der Waals surface area contributed by atoms with Gasteiger partial charge in [-0.05, 0) is 70.4 Å². The van der Waals surface area contributed by atoms with E-state index >= 15 is 0 Å². The number of hydrogen-bond acceptors (Lipinski definition) is 6. The average Bonchev–Trinajstić information content (AvgIpc) is 3.41. The maximum Gasteiger partial charge on any atom is 0.305 e. The van der Waals surface area contributed by atoms with Gasteiger partial charge >= 0.3 is 5.97 Å². The number of hydrogen-bond donors (Lipinski definition) is 0. The van der Waals surface area contributed by atoms with Crippen molar-refractivity contribution in [2.24, 2.45) is 0 Å². The number of para-hydroxylation sites is 1. The van der Waals surface area contributed by atoms with E-state index in [9.17, 15) is 9.59 Å². The number of amides is 1. The van der Waals surface area contributed by atoms with Gasteiger partial charge in [-0.2, -0.15) is 0 Å². The fraction of sp³-hybridized carbons (Fsp3) is 0.393. The highest BCUT2D eigenvalue weighted by atomic mass is 16.5. The third-order valence-corrected chi connectivity index (χ3v) is 5.95. The van der Waals surface area contributed by atoms with E-state index in [-0.39, 0.29) is 23.9 Å². The van der Waals surface area contributed by atoms with Crippen LogP contribution >= 0.6 is 0 Å². The zero-order valence-electron chi connectivity index (χ0n) is 21.6. The van der Waals surface area contributed by atoms with Crippen LogP contribution in [0.15, 0.2) is 65.4 Å². The van der Waals surface area contributed by atoms with Gasteiger partial charge in [0.25, 0.3) is 5.91 Å². The van der Waals surface area contributed by atoms with E-state index in [0.717, 1.165) is 30.6 Å². The van der Waals surface area contributed by atoms with Crippen LogP contribution in [-0.2, 0) is 9.53 Å². The number of carbonyl (C=O) groups is 2. The molecule has 8 heteroatoms. The zero-order chi connectivity index (χ0) is 25.9. The lowest BCUT2D eigenvalue weighted by Gasteiger charge is -2.34. The first-order chi connectivity index (χ1) is 17.4. The van der Waals surface area contributed by atoms with Crippen molar-refractivity contribution < 1.29 is 23.5 Å². The van der Waals surface area contributed by atoms with Gasteiger partial charge in [0.05, 0.1) is 25.0 Å². The Kier molecular flexibility index (Phi) is 10.2. The summed E-state index contributed by atoms with van der Waals surface area (Å²) in [7, 11) is 2.02. The molecule has 1 aromatic carbocycles. The van der Waals surface area contributed by atoms with Crippen molar-refractivity contribution in [2.45, 2.75) is 58.4 Å². The van der Waals surface area contributed by atoms with E-state index in [1.165, 1.54) is 0 Å². The van der Waals surface area contributed by atoms with Crippen LogP contribution in [0.2, 0.25) is 0 Å². The van der Waals surface area contributed by atoms with Gasteiger partial charge in [-0.25, -0.2) is 0 Å². The van der Waals surface area contributed by atoms with E-state index in [4.69, 9.17) is 13.9 Å². The standard InChI is InChI=1S/C28H35BN2O5/c1-4-34-26(32)14-6-5-9-17-35-24-12-8-7-11-22(24)27(29)31(20(2)3)28(33)21-15-16-23(30-19-21)25-13-10-18-36-25/h7-8,10-13,15-16,18-20,27H,4-6,9,14,17,29H2,1-3H3. The minimum absolute atomic E-state index is 0.0341. The molecule has 0 aliphatic heterocycles. The second kappa shape index (κ2) is 13.5. The number of benzene rings is 1. The van der Waals surface area contributed by atoms with Crippen LogP contribution in [0.4, 0.5) is 0 Å². The average molecular weight is 490 g/mol. The molecule has 0 N–H and O–H groups in total. The molecule has 2 aromatic heterocycles. The van der Waals surface area contributed by atoms with Crippen molar-refractivity contribution in [3.8, 4) is 17.2 Å². The van der Waals surface area contributed by atoms with Crippen LogP contribution in [0.5, 0.6) is 5.75 Å². The molecule has 36 heavy (non-hydrogen) atoms. The fourth-order valence-corrected chi connectivity index (χ4v) is 4.17. The molecule has 0 radical (unpaired) electrons. The Morgan fingerprint density at radius 3 is 2.53 bits per heavy atom. The number of ether oxygens (including phenoxy) is 2. The molecular weight excluding hydrogens is 455 g/mol. The van der Waals surface area contributed by atoms with Crippen LogP contribution in [0.3, 0.4) is 0 Å². The molecule has 0 bridgehead atoms. The number of aromatic nitrogens is 1. The van der Waals surface area contributed by atoms with Crippen LogP contribution < -0.4 is 4.74 Å². The summed E-state index contributed by atoms with van der Waals surface area (Å²) in [5.41, 5.74) is 2.15. The van der Waals surface area contributed by atoms with Gasteiger partial charge in [0, 0.05) is 30.2 Å². The quantitative estimate of drug-likeness (QED) is 0.190. The Morgan fingerprint density at radius 2 is 1.86 bits per heavy atom. The van der Waals surface area contributed by atoms with Gasteiger partial charge in [0.2, 0.25) is 0 Å². The van der Waals surface area contributed by atoms with Gasteiger partial charge < -0.3 is 18.8 Å². The van der Waals surface area contributed by atoms with Crippen LogP contribution in [0.25, 0.3) is 11.5 Å². The first-order valence-corrected chi connectivity index (χ1v) is 12.6. The van der Waals surface area contributed by atoms with Crippen molar-refractivity contribution in [1.29, 1.82) is 0 Å². The van der Waals surface area contributed by atoms with E-state index in [1.807, 2.05) is 63.8 Å². The second-order valence-electron chi connectivity index (χ2n) is 8.89. The van der Waals surface area contributed by atoms with Gasteiger partial charge in [-0.3, -0.25) is 14.6 Å². The predicted molar refractivity (Wildman–Crippen MR) is 142 cm³/mol. The van der Waals surface area contributed by atoms with Gasteiger partial charge in [-0.1, -0.05) is 18.2 Å². The molecule has 0 spiro atoms. The third-order valence-electron chi connectivity index (χ3n) is 5.95. The highest BCUT2D eigenvalue weighted by Crippen LogP contribution is 2.30. The van der Waals surface area contributed by atoms with Crippen LogP contribution in [0, 0.1) is 0 Å². The van der Waals surface area contributed by atoms with E-state index in [0.29, 0.717) is 36.7 Å². The summed E-state index contributed by atoms with van der Waals surface area (Å²) < 4.78 is 16.5. The number of pyridine rings is 1. The van der Waals surface area contributed by atoms with Gasteiger partial charge in [0.15, 0.2) is 5.76 Å². The Hall–Kier alpha value is -3.55. The van der Waals surface area contributed by atoms with E-state index in [1.54, 1.807) is 30.7 Å². The second-order valence-corrected chi connectivity index (χ2v) is 8.89. The zero-order valence-corrected chi connectivity index (χ0v) is 21.6. The van der Waals surface area contributed by atoms with E-state index < -0.39 is 0 Å². The largest absolute Gasteiger partial charge is 0.493 e. The lowest BCUT2D eigenvalue weighted by molar-refractivity contribution is -0.143. The molecule has 1 amide bonds. The van der Waals surface area contributed by atoms with Crippen molar-refractivity contribution in [3.63, 3.8) is 0 Å². The first-order valence-electron chi connectivity index (χ1n) is 12.6. The fourth-order valence-electron chi connectivity index (χ4n) is 4.17. The molecule has 190 valence electrons. The number of rotatable bonds is 13. The summed E-state index contributed by atoms with van der Waals surface area (Å²) in [5, 5.41) is 0. The van der Waals surface area contributed by atoms with Gasteiger partial charge in [0.1, 0.15) is 19.3 Å². The summed E-state index contributed by atoms with van der Waals surface area (Å²) in [6, 6.07) is 15.0. The SMILES string of the molecule is BC(c1ccccc1OCCCCCC(=O)OCC)N(C(=O)c1ccc(-c2ccco2)nc1)C(C)C. The molecule has 0 aliphatic carbocycles. The molecule has 0 fully saturated rings. The smallest absolute Gasteiger partial charge is 0.305 e. The summed E-state index contributed by atoms with van der Waals surface area (Å²) in [4.78, 5) is 31.3. The maximum atomic E-state index is 13.5. The number of carbonyl (C=O) groups excluding carboxylic acids is 2. The van der Waals surface area contributed by atoms with Crippen LogP contribution in [0.1, 0.15) is 68.3 Å². The lowest BCUT2D eigenvalue weighted by atomic mass is 9.85. The number of esters is 1. The minimum Gasteiger partial charge on any atom is -0.493 e. The monoisotopic (exact) mass is 490 g/mol. The first kappa shape index (κ1) is 27.0. The molecule has 0 saturated heterocycles. The Balaban J connectivity index is 1.65. The Labute approximate surface area is 214 Å². The maximum absolute atomic E-state index is 13.5. The summed E-state index contributed by atoms with van der Waals surface area (Å²) >= 11 is 0. The normalized spacial score (nSPS) is 11.8. The molecule has 2 heterocycles. The van der Waals surface area contributed by atoms with Crippen molar-refractivity contribution in [3.05, 3.63) is 72.1 Å². The lowest BCUT2D eigenvalue weighted by Crippen LogP contribution is -2.40.